The van der Waals surface area contributed by atoms with Crippen molar-refractivity contribution in [2.24, 2.45) is 7.05 Å². The Labute approximate surface area is 162 Å². The maximum absolute atomic E-state index is 12.5. The van der Waals surface area contributed by atoms with E-state index in [0.717, 1.165) is 0 Å². The Morgan fingerprint density at radius 1 is 1.25 bits per heavy atom. The molecule has 2 aromatic rings. The summed E-state index contributed by atoms with van der Waals surface area (Å²) in [6.45, 7) is 7.48. The predicted octanol–water partition coefficient (Wildman–Crippen LogP) is 0.472. The van der Waals surface area contributed by atoms with E-state index < -0.39 is 41.1 Å². The number of hydrogen-bond donors (Lipinski definition) is 2. The lowest BCUT2D eigenvalue weighted by Crippen LogP contribution is -2.41. The molecule has 0 aliphatic carbocycles. The number of hydrogen-bond acceptors (Lipinski definition) is 6. The van der Waals surface area contributed by atoms with Crippen molar-refractivity contribution >= 4 is 35.7 Å². The van der Waals surface area contributed by atoms with Gasteiger partial charge in [-0.1, -0.05) is 6.07 Å². The number of amides is 1. The van der Waals surface area contributed by atoms with Crippen molar-refractivity contribution < 1.29 is 24.0 Å². The van der Waals surface area contributed by atoms with Crippen molar-refractivity contribution in [1.29, 1.82) is 0 Å². The van der Waals surface area contributed by atoms with Gasteiger partial charge in [0.1, 0.15) is 17.6 Å². The second-order valence-corrected chi connectivity index (χ2v) is 7.83. The zero-order valence-electron chi connectivity index (χ0n) is 16.5. The molecular formula is C19H23BN2O6. The molecule has 0 radical (unpaired) electrons. The fraction of sp³-hybridized carbons (Fsp3) is 0.421. The summed E-state index contributed by atoms with van der Waals surface area (Å²) >= 11 is 0. The third kappa shape index (κ3) is 3.10. The number of carbonyl (C=O) groups is 2. The van der Waals surface area contributed by atoms with Crippen LogP contribution in [0.2, 0.25) is 0 Å². The van der Waals surface area contributed by atoms with Crippen molar-refractivity contribution in [2.45, 2.75) is 38.9 Å². The molecule has 1 aromatic carbocycles. The van der Waals surface area contributed by atoms with Crippen molar-refractivity contribution in [1.82, 2.24) is 9.88 Å². The number of nitrogens with one attached hydrogen (secondary N) is 1. The summed E-state index contributed by atoms with van der Waals surface area (Å²) in [6, 6.07) is 5.07. The Morgan fingerprint density at radius 3 is 2.43 bits per heavy atom. The molecule has 0 unspecified atom stereocenters. The number of aromatic hydroxyl groups is 1. The Balaban J connectivity index is 2.13. The van der Waals surface area contributed by atoms with E-state index in [9.17, 15) is 19.5 Å². The fourth-order valence-corrected chi connectivity index (χ4v) is 3.10. The van der Waals surface area contributed by atoms with E-state index in [0.29, 0.717) is 22.7 Å². The molecule has 1 saturated heterocycles. The van der Waals surface area contributed by atoms with Crippen LogP contribution in [0.5, 0.6) is 5.75 Å². The van der Waals surface area contributed by atoms with E-state index in [2.05, 4.69) is 5.32 Å². The average Bonchev–Trinajstić information content (AvgIpc) is 2.85. The minimum absolute atomic E-state index is 0.257. The molecule has 0 spiro atoms. The molecule has 1 amide bonds. The van der Waals surface area contributed by atoms with Crippen molar-refractivity contribution in [3.05, 3.63) is 34.1 Å². The van der Waals surface area contributed by atoms with Gasteiger partial charge >= 0.3 is 7.12 Å². The van der Waals surface area contributed by atoms with Gasteiger partial charge in [0.05, 0.1) is 23.3 Å². The van der Waals surface area contributed by atoms with Crippen LogP contribution in [-0.2, 0) is 21.2 Å². The van der Waals surface area contributed by atoms with Gasteiger partial charge in [0, 0.05) is 12.4 Å². The van der Waals surface area contributed by atoms with E-state index in [1.54, 1.807) is 18.2 Å². The summed E-state index contributed by atoms with van der Waals surface area (Å²) in [5.41, 5.74) is -1.02. The Morgan fingerprint density at radius 2 is 1.86 bits per heavy atom. The van der Waals surface area contributed by atoms with Crippen molar-refractivity contribution in [3.63, 3.8) is 0 Å². The van der Waals surface area contributed by atoms with Crippen LogP contribution in [0.3, 0.4) is 0 Å². The van der Waals surface area contributed by atoms with Gasteiger partial charge in [-0.15, -0.1) is 0 Å². The Kier molecular flexibility index (Phi) is 4.85. The Hall–Kier alpha value is -2.65. The van der Waals surface area contributed by atoms with Gasteiger partial charge < -0.3 is 29.1 Å². The van der Waals surface area contributed by atoms with E-state index in [1.165, 1.54) is 11.6 Å². The van der Waals surface area contributed by atoms with Crippen LogP contribution < -0.4 is 16.3 Å². The first-order valence-electron chi connectivity index (χ1n) is 8.93. The highest BCUT2D eigenvalue weighted by Crippen LogP contribution is 2.37. The summed E-state index contributed by atoms with van der Waals surface area (Å²) in [7, 11) is 0.855. The topological polar surface area (TPSA) is 107 Å². The molecule has 3 rings (SSSR count). The number of benzene rings is 1. The lowest BCUT2D eigenvalue weighted by molar-refractivity contribution is -0.107. The van der Waals surface area contributed by atoms with E-state index >= 15 is 0 Å². The number of nitrogens with zero attached hydrogens (tertiary/aromatic N) is 1. The smallest absolute Gasteiger partial charge is 0.494 e. The fourth-order valence-electron chi connectivity index (χ4n) is 3.10. The number of pyridine rings is 1. The van der Waals surface area contributed by atoms with Crippen LogP contribution >= 0.6 is 0 Å². The molecule has 0 atom stereocenters. The van der Waals surface area contributed by atoms with Gasteiger partial charge in [0.25, 0.3) is 11.5 Å². The summed E-state index contributed by atoms with van der Waals surface area (Å²) in [6.07, 6.45) is 0.497. The van der Waals surface area contributed by atoms with Gasteiger partial charge in [-0.2, -0.15) is 0 Å². The zero-order valence-corrected chi connectivity index (χ0v) is 16.5. The maximum atomic E-state index is 12.5. The van der Waals surface area contributed by atoms with E-state index in [4.69, 9.17) is 9.31 Å². The first-order chi connectivity index (χ1) is 13.0. The summed E-state index contributed by atoms with van der Waals surface area (Å²) in [4.78, 5) is 35.3. The number of aldehydes is 1. The van der Waals surface area contributed by atoms with Crippen LogP contribution in [0.25, 0.3) is 10.9 Å². The average molecular weight is 386 g/mol. The van der Waals surface area contributed by atoms with Crippen LogP contribution in [0.4, 0.5) is 0 Å². The monoisotopic (exact) mass is 386 g/mol. The molecule has 148 valence electrons. The molecule has 8 nitrogen and oxygen atoms in total. The number of rotatable bonds is 4. The zero-order chi connectivity index (χ0) is 20.9. The second-order valence-electron chi connectivity index (χ2n) is 7.83. The highest BCUT2D eigenvalue weighted by atomic mass is 16.7. The van der Waals surface area contributed by atoms with Gasteiger partial charge in [-0.3, -0.25) is 9.59 Å². The van der Waals surface area contributed by atoms with E-state index in [1.807, 2.05) is 27.7 Å². The van der Waals surface area contributed by atoms with Crippen LogP contribution in [0.15, 0.2) is 23.0 Å². The molecule has 1 fully saturated rings. The van der Waals surface area contributed by atoms with Gasteiger partial charge in [-0.25, -0.2) is 0 Å². The lowest BCUT2D eigenvalue weighted by atomic mass is 9.78. The maximum Gasteiger partial charge on any atom is 0.494 e. The molecule has 2 heterocycles. The molecule has 0 saturated carbocycles. The summed E-state index contributed by atoms with van der Waals surface area (Å²) in [5.74, 6) is -1.26. The molecule has 1 aromatic heterocycles. The Bertz CT molecular complexity index is 1010. The van der Waals surface area contributed by atoms with Crippen LogP contribution in [0, 0.1) is 0 Å². The van der Waals surface area contributed by atoms with Gasteiger partial charge in [0.15, 0.2) is 0 Å². The molecular weight excluding hydrogens is 363 g/mol. The molecule has 2 N–H and O–H groups in total. The van der Waals surface area contributed by atoms with Crippen molar-refractivity contribution in [2.75, 3.05) is 6.54 Å². The normalized spacial score (nSPS) is 17.7. The van der Waals surface area contributed by atoms with Gasteiger partial charge in [-0.05, 0) is 45.3 Å². The number of carbonyl (C=O) groups excluding carboxylic acids is 2. The highest BCUT2D eigenvalue weighted by molar-refractivity contribution is 6.62. The number of aromatic nitrogens is 1. The predicted molar refractivity (Wildman–Crippen MR) is 105 cm³/mol. The first-order valence-corrected chi connectivity index (χ1v) is 8.93. The highest BCUT2D eigenvalue weighted by Gasteiger charge is 2.51. The lowest BCUT2D eigenvalue weighted by Gasteiger charge is -2.32. The second kappa shape index (κ2) is 6.75. The molecule has 28 heavy (non-hydrogen) atoms. The third-order valence-corrected chi connectivity index (χ3v) is 5.49. The standard InChI is InChI=1S/C19H23BN2O6/c1-18(2)19(3,4)28-20(27-18)11-6-7-13-12(10-11)15(24)14(17(26)22(13)5)16(25)21-8-9-23/h6-7,9-10,24H,8H2,1-5H3,(H,21,25). The largest absolute Gasteiger partial charge is 0.506 e. The van der Waals surface area contributed by atoms with Crippen LogP contribution in [-0.4, -0.2) is 46.7 Å². The molecule has 0 bridgehead atoms. The number of aryl methyl sites for hydroxylation is 1. The quantitative estimate of drug-likeness (QED) is 0.585. The minimum Gasteiger partial charge on any atom is -0.506 e. The molecule has 1 aliphatic heterocycles. The van der Waals surface area contributed by atoms with Gasteiger partial charge in [0.2, 0.25) is 0 Å². The van der Waals surface area contributed by atoms with Crippen molar-refractivity contribution in [3.8, 4) is 5.75 Å². The van der Waals surface area contributed by atoms with Crippen LogP contribution in [0.1, 0.15) is 38.1 Å². The summed E-state index contributed by atoms with van der Waals surface area (Å²) < 4.78 is 13.3. The third-order valence-electron chi connectivity index (χ3n) is 5.49. The number of fused-ring (bicyclic) bond motifs is 1. The van der Waals surface area contributed by atoms with E-state index in [-0.39, 0.29) is 6.54 Å². The molecule has 9 heteroatoms. The molecule has 1 aliphatic rings. The minimum atomic E-state index is -0.812. The summed E-state index contributed by atoms with van der Waals surface area (Å²) in [5, 5.41) is 13.2. The SMILES string of the molecule is Cn1c(=O)c(C(=O)NCC=O)c(O)c2cc(B3OC(C)(C)C(C)(C)O3)ccc21. The first kappa shape index (κ1) is 20.1.